The van der Waals surface area contributed by atoms with Crippen LogP contribution in [0, 0.1) is 0 Å². The highest BCUT2D eigenvalue weighted by Crippen LogP contribution is 2.20. The van der Waals surface area contributed by atoms with Gasteiger partial charge < -0.3 is 4.98 Å². The number of fused-ring (bicyclic) bond motifs is 1. The third-order valence-corrected chi connectivity index (χ3v) is 4.29. The van der Waals surface area contributed by atoms with Crippen LogP contribution in [-0.2, 0) is 19.6 Å². The Bertz CT molecular complexity index is 890. The highest BCUT2D eigenvalue weighted by atomic mass is 15.1. The van der Waals surface area contributed by atoms with Gasteiger partial charge in [0.15, 0.2) is 0 Å². The average molecular weight is 328 g/mol. The van der Waals surface area contributed by atoms with E-state index >= 15 is 0 Å². The summed E-state index contributed by atoms with van der Waals surface area (Å²) in [6.07, 6.45) is 5.69. The molecule has 4 aromatic rings. The Balaban J connectivity index is 1.61. The molecule has 0 aliphatic heterocycles. The highest BCUT2D eigenvalue weighted by molar-refractivity contribution is 5.82. The van der Waals surface area contributed by atoms with E-state index in [1.54, 1.807) is 0 Å². The monoisotopic (exact) mass is 328 g/mol. The summed E-state index contributed by atoms with van der Waals surface area (Å²) in [5.41, 5.74) is 4.62. The molecule has 1 N–H and O–H groups in total. The van der Waals surface area contributed by atoms with Crippen LogP contribution in [-0.4, -0.2) is 19.9 Å². The van der Waals surface area contributed by atoms with Gasteiger partial charge in [-0.25, -0.2) is 0 Å². The standard InChI is InChI=1S/C21H20N4/c1-3-11-22-19(8-1)15-25(16-20-9-2-4-12-23-20)14-18-7-5-6-17-10-13-24-21(17)18/h1-13,24H,14-16H2. The molecule has 0 amide bonds. The maximum Gasteiger partial charge on any atom is 0.0544 e. The quantitative estimate of drug-likeness (QED) is 0.578. The molecule has 3 heterocycles. The van der Waals surface area contributed by atoms with Crippen molar-refractivity contribution >= 4 is 10.9 Å². The molecule has 0 aliphatic carbocycles. The van der Waals surface area contributed by atoms with Gasteiger partial charge in [0.05, 0.1) is 11.4 Å². The fourth-order valence-corrected chi connectivity index (χ4v) is 3.13. The fourth-order valence-electron chi connectivity index (χ4n) is 3.13. The summed E-state index contributed by atoms with van der Waals surface area (Å²) in [7, 11) is 0. The summed E-state index contributed by atoms with van der Waals surface area (Å²) in [4.78, 5) is 14.7. The first kappa shape index (κ1) is 15.5. The summed E-state index contributed by atoms with van der Waals surface area (Å²) >= 11 is 0. The maximum atomic E-state index is 4.48. The molecule has 4 rings (SSSR count). The first-order valence-electron chi connectivity index (χ1n) is 8.46. The Kier molecular flexibility index (Phi) is 4.53. The Morgan fingerprint density at radius 3 is 2.08 bits per heavy atom. The molecule has 0 saturated heterocycles. The lowest BCUT2D eigenvalue weighted by molar-refractivity contribution is 0.242. The Hall–Kier alpha value is -2.98. The summed E-state index contributed by atoms with van der Waals surface area (Å²) < 4.78 is 0. The minimum atomic E-state index is 0.786. The molecule has 0 saturated carbocycles. The van der Waals surface area contributed by atoms with E-state index in [2.05, 4.69) is 56.3 Å². The van der Waals surface area contributed by atoms with E-state index in [1.807, 2.05) is 42.9 Å². The van der Waals surface area contributed by atoms with E-state index in [1.165, 1.54) is 16.5 Å². The topological polar surface area (TPSA) is 44.8 Å². The van der Waals surface area contributed by atoms with Crippen LogP contribution in [0.5, 0.6) is 0 Å². The molecule has 0 atom stereocenters. The minimum Gasteiger partial charge on any atom is -0.361 e. The fraction of sp³-hybridized carbons (Fsp3) is 0.143. The zero-order chi connectivity index (χ0) is 16.9. The number of para-hydroxylation sites is 1. The Morgan fingerprint density at radius 1 is 0.720 bits per heavy atom. The molecular weight excluding hydrogens is 308 g/mol. The van der Waals surface area contributed by atoms with E-state index in [-0.39, 0.29) is 0 Å². The van der Waals surface area contributed by atoms with Crippen LogP contribution in [0.25, 0.3) is 10.9 Å². The normalized spacial score (nSPS) is 11.2. The second-order valence-corrected chi connectivity index (χ2v) is 6.15. The molecule has 25 heavy (non-hydrogen) atoms. The van der Waals surface area contributed by atoms with Gasteiger partial charge in [-0.15, -0.1) is 0 Å². The van der Waals surface area contributed by atoms with E-state index in [0.29, 0.717) is 0 Å². The second kappa shape index (κ2) is 7.28. The lowest BCUT2D eigenvalue weighted by Crippen LogP contribution is -2.23. The van der Waals surface area contributed by atoms with Crippen LogP contribution in [0.3, 0.4) is 0 Å². The number of pyridine rings is 2. The minimum absolute atomic E-state index is 0.786. The van der Waals surface area contributed by atoms with Crippen molar-refractivity contribution in [3.05, 3.63) is 96.2 Å². The highest BCUT2D eigenvalue weighted by Gasteiger charge is 2.12. The number of hydrogen-bond donors (Lipinski definition) is 1. The molecular formula is C21H20N4. The van der Waals surface area contributed by atoms with Gasteiger partial charge in [0.1, 0.15) is 0 Å². The van der Waals surface area contributed by atoms with E-state index in [4.69, 9.17) is 0 Å². The zero-order valence-corrected chi connectivity index (χ0v) is 14.0. The van der Waals surface area contributed by atoms with Crippen molar-refractivity contribution in [3.63, 3.8) is 0 Å². The number of hydrogen-bond acceptors (Lipinski definition) is 3. The van der Waals surface area contributed by atoms with Crippen molar-refractivity contribution in [2.75, 3.05) is 0 Å². The van der Waals surface area contributed by atoms with Gasteiger partial charge in [-0.2, -0.15) is 0 Å². The number of nitrogens with one attached hydrogen (secondary N) is 1. The van der Waals surface area contributed by atoms with Crippen molar-refractivity contribution in [3.8, 4) is 0 Å². The van der Waals surface area contributed by atoms with Crippen LogP contribution < -0.4 is 0 Å². The van der Waals surface area contributed by atoms with Gasteiger partial charge in [-0.05, 0) is 41.3 Å². The molecule has 4 nitrogen and oxygen atoms in total. The molecule has 0 radical (unpaired) electrons. The summed E-state index contributed by atoms with van der Waals surface area (Å²) in [5, 5.41) is 1.24. The molecule has 124 valence electrons. The smallest absolute Gasteiger partial charge is 0.0544 e. The SMILES string of the molecule is c1ccc(CN(Cc2ccccn2)Cc2cccc3cc[nH]c23)nc1. The Morgan fingerprint density at radius 2 is 1.44 bits per heavy atom. The van der Waals surface area contributed by atoms with Crippen molar-refractivity contribution in [1.82, 2.24) is 19.9 Å². The van der Waals surface area contributed by atoms with E-state index < -0.39 is 0 Å². The van der Waals surface area contributed by atoms with Crippen molar-refractivity contribution < 1.29 is 0 Å². The molecule has 1 aromatic carbocycles. The third kappa shape index (κ3) is 3.75. The van der Waals surface area contributed by atoms with Gasteiger partial charge in [0.25, 0.3) is 0 Å². The number of aromatic amines is 1. The first-order chi connectivity index (χ1) is 12.4. The molecule has 0 spiro atoms. The first-order valence-corrected chi connectivity index (χ1v) is 8.46. The number of aromatic nitrogens is 3. The molecule has 4 heteroatoms. The van der Waals surface area contributed by atoms with Gasteiger partial charge in [-0.1, -0.05) is 30.3 Å². The van der Waals surface area contributed by atoms with Gasteiger partial charge in [-0.3, -0.25) is 14.9 Å². The number of benzene rings is 1. The predicted octanol–water partition coefficient (Wildman–Crippen LogP) is 4.16. The molecule has 0 aliphatic rings. The van der Waals surface area contributed by atoms with Crippen LogP contribution in [0.4, 0.5) is 0 Å². The molecule has 3 aromatic heterocycles. The van der Waals surface area contributed by atoms with Crippen molar-refractivity contribution in [1.29, 1.82) is 0 Å². The average Bonchev–Trinajstić information content (AvgIpc) is 3.13. The second-order valence-electron chi connectivity index (χ2n) is 6.15. The largest absolute Gasteiger partial charge is 0.361 e. The zero-order valence-electron chi connectivity index (χ0n) is 14.0. The maximum absolute atomic E-state index is 4.48. The predicted molar refractivity (Wildman–Crippen MR) is 99.7 cm³/mol. The van der Waals surface area contributed by atoms with E-state index in [9.17, 15) is 0 Å². The number of H-pyrrole nitrogens is 1. The summed E-state index contributed by atoms with van der Waals surface area (Å²) in [6, 6.07) is 20.7. The van der Waals surface area contributed by atoms with Crippen LogP contribution in [0.2, 0.25) is 0 Å². The van der Waals surface area contributed by atoms with Gasteiger partial charge in [0.2, 0.25) is 0 Å². The van der Waals surface area contributed by atoms with Crippen molar-refractivity contribution in [2.24, 2.45) is 0 Å². The molecule has 0 bridgehead atoms. The van der Waals surface area contributed by atoms with Crippen LogP contribution in [0.15, 0.2) is 79.3 Å². The van der Waals surface area contributed by atoms with Gasteiger partial charge >= 0.3 is 0 Å². The lowest BCUT2D eigenvalue weighted by atomic mass is 10.1. The van der Waals surface area contributed by atoms with Crippen molar-refractivity contribution in [2.45, 2.75) is 19.6 Å². The summed E-state index contributed by atoms with van der Waals surface area (Å²) in [6.45, 7) is 2.41. The summed E-state index contributed by atoms with van der Waals surface area (Å²) in [5.74, 6) is 0. The van der Waals surface area contributed by atoms with Gasteiger partial charge in [0, 0.05) is 43.7 Å². The molecule has 0 fully saturated rings. The third-order valence-electron chi connectivity index (χ3n) is 4.29. The lowest BCUT2D eigenvalue weighted by Gasteiger charge is -2.22. The van der Waals surface area contributed by atoms with Crippen LogP contribution >= 0.6 is 0 Å². The Labute approximate surface area is 147 Å². The number of nitrogens with zero attached hydrogens (tertiary/aromatic N) is 3. The number of rotatable bonds is 6. The molecule has 0 unspecified atom stereocenters. The van der Waals surface area contributed by atoms with E-state index in [0.717, 1.165) is 31.0 Å². The van der Waals surface area contributed by atoms with Crippen LogP contribution in [0.1, 0.15) is 17.0 Å².